The quantitative estimate of drug-likeness (QED) is 0.813. The molecule has 114 valence electrons. The molecule has 6 heteroatoms. The van der Waals surface area contributed by atoms with Gasteiger partial charge in [-0.15, -0.1) is 0 Å². The van der Waals surface area contributed by atoms with E-state index in [4.69, 9.17) is 18.0 Å². The summed E-state index contributed by atoms with van der Waals surface area (Å²) in [5.41, 5.74) is 7.10. The number of nitrogens with two attached hydrogens (primary N) is 1. The van der Waals surface area contributed by atoms with E-state index in [2.05, 4.69) is 17.1 Å². The number of nitrogens with zero attached hydrogens (tertiary/aromatic N) is 1. The Bertz CT molecular complexity index is 521. The van der Waals surface area contributed by atoms with Gasteiger partial charge in [0.15, 0.2) is 0 Å². The predicted molar refractivity (Wildman–Crippen MR) is 93.9 cm³/mol. The number of hydrogen-bond acceptors (Lipinski definition) is 4. The van der Waals surface area contributed by atoms with Gasteiger partial charge in [-0.05, 0) is 12.1 Å². The molecule has 0 radical (unpaired) electrons. The second kappa shape index (κ2) is 7.77. The van der Waals surface area contributed by atoms with Gasteiger partial charge in [0.2, 0.25) is 5.91 Å². The zero-order valence-corrected chi connectivity index (χ0v) is 13.8. The van der Waals surface area contributed by atoms with Crippen molar-refractivity contribution in [3.05, 3.63) is 29.8 Å². The summed E-state index contributed by atoms with van der Waals surface area (Å²) in [5, 5.41) is 3.56. The number of hydrogen-bond donors (Lipinski definition) is 2. The molecule has 3 N–H and O–H groups in total. The van der Waals surface area contributed by atoms with Crippen LogP contribution in [-0.4, -0.2) is 46.4 Å². The van der Waals surface area contributed by atoms with Crippen LogP contribution in [0.3, 0.4) is 0 Å². The number of thiocarbonyl (C=S) groups is 1. The van der Waals surface area contributed by atoms with Gasteiger partial charge in [0.1, 0.15) is 4.99 Å². The first kappa shape index (κ1) is 16.3. The van der Waals surface area contributed by atoms with Crippen LogP contribution in [0.4, 0.5) is 5.69 Å². The molecular formula is C15H21N3OS2. The van der Waals surface area contributed by atoms with Gasteiger partial charge in [0, 0.05) is 48.3 Å². The van der Waals surface area contributed by atoms with Crippen molar-refractivity contribution in [2.24, 2.45) is 5.73 Å². The molecule has 1 aromatic carbocycles. The average molecular weight is 323 g/mol. The number of nitrogens with one attached hydrogen (secondary N) is 1. The third-order valence-corrected chi connectivity index (χ3v) is 4.78. The first-order chi connectivity index (χ1) is 10.0. The third kappa shape index (κ3) is 5.30. The molecule has 0 bridgehead atoms. The molecule has 0 saturated carbocycles. The fraction of sp³-hybridized carbons (Fsp3) is 0.467. The van der Waals surface area contributed by atoms with Crippen LogP contribution in [0.1, 0.15) is 18.9 Å². The Balaban J connectivity index is 1.81. The molecule has 0 spiro atoms. The number of carbonyl (C=O) groups excluding carboxylic acids is 1. The van der Waals surface area contributed by atoms with Crippen LogP contribution in [0, 0.1) is 0 Å². The van der Waals surface area contributed by atoms with E-state index >= 15 is 0 Å². The summed E-state index contributed by atoms with van der Waals surface area (Å²) in [7, 11) is 0. The summed E-state index contributed by atoms with van der Waals surface area (Å²) in [6.45, 7) is 5.18. The van der Waals surface area contributed by atoms with E-state index in [1.165, 1.54) is 0 Å². The lowest BCUT2D eigenvalue weighted by atomic mass is 10.2. The number of anilines is 1. The Morgan fingerprint density at radius 2 is 2.38 bits per heavy atom. The van der Waals surface area contributed by atoms with Crippen LogP contribution in [-0.2, 0) is 4.79 Å². The van der Waals surface area contributed by atoms with Crippen LogP contribution in [0.15, 0.2) is 24.3 Å². The minimum Gasteiger partial charge on any atom is -0.389 e. The summed E-state index contributed by atoms with van der Waals surface area (Å²) in [4.78, 5) is 14.7. The molecule has 21 heavy (non-hydrogen) atoms. The maximum Gasteiger partial charge on any atom is 0.225 e. The van der Waals surface area contributed by atoms with Gasteiger partial charge < -0.3 is 16.0 Å². The number of carbonyl (C=O) groups is 1. The molecule has 1 heterocycles. The van der Waals surface area contributed by atoms with Gasteiger partial charge in [0.25, 0.3) is 0 Å². The summed E-state index contributed by atoms with van der Waals surface area (Å²) in [6, 6.07) is 7.33. The fourth-order valence-electron chi connectivity index (χ4n) is 2.33. The molecule has 1 saturated heterocycles. The molecule has 2 rings (SSSR count). The van der Waals surface area contributed by atoms with E-state index in [1.807, 2.05) is 30.0 Å². The summed E-state index contributed by atoms with van der Waals surface area (Å²) in [5.74, 6) is 1.18. The maximum atomic E-state index is 12.0. The maximum absolute atomic E-state index is 12.0. The SMILES string of the molecule is CC1CN(CCC(=O)Nc2cccc(C(N)=S)c2)CCS1. The van der Waals surface area contributed by atoms with Crippen LogP contribution in [0.25, 0.3) is 0 Å². The highest BCUT2D eigenvalue weighted by molar-refractivity contribution is 7.99. The Labute approximate surface area is 135 Å². The van der Waals surface area contributed by atoms with Crippen molar-refractivity contribution in [2.75, 3.05) is 30.7 Å². The first-order valence-electron chi connectivity index (χ1n) is 7.08. The highest BCUT2D eigenvalue weighted by Gasteiger charge is 2.17. The van der Waals surface area contributed by atoms with Crippen molar-refractivity contribution in [3.8, 4) is 0 Å². The third-order valence-electron chi connectivity index (χ3n) is 3.41. The average Bonchev–Trinajstić information content (AvgIpc) is 2.45. The van der Waals surface area contributed by atoms with Crippen molar-refractivity contribution in [1.82, 2.24) is 4.90 Å². The predicted octanol–water partition coefficient (Wildman–Crippen LogP) is 2.09. The molecule has 1 aromatic rings. The molecule has 1 amide bonds. The van der Waals surface area contributed by atoms with E-state index in [-0.39, 0.29) is 5.91 Å². The number of thioether (sulfide) groups is 1. The number of benzene rings is 1. The number of amides is 1. The lowest BCUT2D eigenvalue weighted by Gasteiger charge is -2.30. The molecule has 0 aromatic heterocycles. The molecular weight excluding hydrogens is 302 g/mol. The molecule has 1 aliphatic rings. The van der Waals surface area contributed by atoms with E-state index in [9.17, 15) is 4.79 Å². The van der Waals surface area contributed by atoms with Crippen LogP contribution >= 0.6 is 24.0 Å². The van der Waals surface area contributed by atoms with Crippen molar-refractivity contribution in [1.29, 1.82) is 0 Å². The van der Waals surface area contributed by atoms with Gasteiger partial charge in [-0.25, -0.2) is 0 Å². The van der Waals surface area contributed by atoms with E-state index in [1.54, 1.807) is 6.07 Å². The largest absolute Gasteiger partial charge is 0.389 e. The Hall–Kier alpha value is -1.11. The Kier molecular flexibility index (Phi) is 6.02. The Morgan fingerprint density at radius 1 is 1.57 bits per heavy atom. The lowest BCUT2D eigenvalue weighted by Crippen LogP contribution is -2.38. The second-order valence-corrected chi connectivity index (χ2v) is 7.21. The molecule has 1 unspecified atom stereocenters. The molecule has 1 aliphatic heterocycles. The molecule has 4 nitrogen and oxygen atoms in total. The highest BCUT2D eigenvalue weighted by Crippen LogP contribution is 2.18. The van der Waals surface area contributed by atoms with Crippen LogP contribution < -0.4 is 11.1 Å². The first-order valence-corrected chi connectivity index (χ1v) is 8.54. The molecule has 1 atom stereocenters. The van der Waals surface area contributed by atoms with Gasteiger partial charge >= 0.3 is 0 Å². The number of rotatable bonds is 5. The van der Waals surface area contributed by atoms with Crippen molar-refractivity contribution >= 4 is 40.6 Å². The zero-order chi connectivity index (χ0) is 15.2. The Morgan fingerprint density at radius 3 is 3.10 bits per heavy atom. The minimum atomic E-state index is 0.0287. The van der Waals surface area contributed by atoms with Gasteiger partial charge in [0.05, 0.1) is 0 Å². The van der Waals surface area contributed by atoms with E-state index in [0.29, 0.717) is 16.7 Å². The van der Waals surface area contributed by atoms with Crippen molar-refractivity contribution in [3.63, 3.8) is 0 Å². The smallest absolute Gasteiger partial charge is 0.225 e. The highest BCUT2D eigenvalue weighted by atomic mass is 32.2. The lowest BCUT2D eigenvalue weighted by molar-refractivity contribution is -0.116. The van der Waals surface area contributed by atoms with E-state index in [0.717, 1.165) is 36.6 Å². The summed E-state index contributed by atoms with van der Waals surface area (Å²) in [6.07, 6.45) is 0.509. The minimum absolute atomic E-state index is 0.0287. The normalized spacial score (nSPS) is 19.2. The summed E-state index contributed by atoms with van der Waals surface area (Å²) >= 11 is 6.94. The zero-order valence-electron chi connectivity index (χ0n) is 12.2. The fourth-order valence-corrected chi connectivity index (χ4v) is 3.54. The molecule has 1 fully saturated rings. The standard InChI is InChI=1S/C15H21N3OS2/c1-11-10-18(7-8-21-11)6-5-14(19)17-13-4-2-3-12(9-13)15(16)20/h2-4,9,11H,5-8,10H2,1H3,(H2,16,20)(H,17,19). The van der Waals surface area contributed by atoms with Gasteiger partial charge in [-0.1, -0.05) is 31.3 Å². The van der Waals surface area contributed by atoms with Crippen molar-refractivity contribution in [2.45, 2.75) is 18.6 Å². The van der Waals surface area contributed by atoms with Gasteiger partial charge in [-0.2, -0.15) is 11.8 Å². The van der Waals surface area contributed by atoms with Crippen molar-refractivity contribution < 1.29 is 4.79 Å². The summed E-state index contributed by atoms with van der Waals surface area (Å²) < 4.78 is 0. The second-order valence-electron chi connectivity index (χ2n) is 5.23. The molecule has 0 aliphatic carbocycles. The monoisotopic (exact) mass is 323 g/mol. The van der Waals surface area contributed by atoms with E-state index < -0.39 is 0 Å². The van der Waals surface area contributed by atoms with Crippen LogP contribution in [0.5, 0.6) is 0 Å². The van der Waals surface area contributed by atoms with Gasteiger partial charge in [-0.3, -0.25) is 4.79 Å². The topological polar surface area (TPSA) is 58.4 Å². The van der Waals surface area contributed by atoms with Crippen LogP contribution in [0.2, 0.25) is 0 Å².